The maximum Gasteiger partial charge on any atom is 0.186 e. The highest BCUT2D eigenvalue weighted by molar-refractivity contribution is 8.13. The van der Waals surface area contributed by atoms with E-state index in [2.05, 4.69) is 20.0 Å². The molecule has 0 aromatic carbocycles. The van der Waals surface area contributed by atoms with Crippen molar-refractivity contribution in [1.29, 1.82) is 0 Å². The van der Waals surface area contributed by atoms with Crippen molar-refractivity contribution in [2.75, 3.05) is 12.4 Å². The molecule has 14 heavy (non-hydrogen) atoms. The Kier molecular flexibility index (Phi) is 2.60. The molecule has 6 nitrogen and oxygen atoms in total. The van der Waals surface area contributed by atoms with E-state index in [9.17, 15) is 0 Å². The molecule has 0 amide bonds. The zero-order valence-electron chi connectivity index (χ0n) is 7.29. The van der Waals surface area contributed by atoms with Crippen LogP contribution in [-0.4, -0.2) is 46.7 Å². The molecule has 0 spiro atoms. The average molecular weight is 211 g/mol. The second-order valence-electron chi connectivity index (χ2n) is 2.65. The minimum Gasteiger partial charge on any atom is -0.396 e. The molecule has 0 radical (unpaired) electrons. The second kappa shape index (κ2) is 3.89. The summed E-state index contributed by atoms with van der Waals surface area (Å²) in [6.45, 7) is 0.103. The lowest BCUT2D eigenvalue weighted by atomic mass is 10.2. The third-order valence-corrected chi connectivity index (χ3v) is 2.54. The van der Waals surface area contributed by atoms with Gasteiger partial charge in [-0.2, -0.15) is 0 Å². The predicted octanol–water partition coefficient (Wildman–Crippen LogP) is -0.752. The van der Waals surface area contributed by atoms with Crippen molar-refractivity contribution in [3.8, 4) is 0 Å². The van der Waals surface area contributed by atoms with Gasteiger partial charge in [-0.3, -0.25) is 0 Å². The Morgan fingerprint density at radius 3 is 3.14 bits per heavy atom. The van der Waals surface area contributed by atoms with Crippen molar-refractivity contribution < 1.29 is 5.11 Å². The molecule has 0 saturated heterocycles. The number of hydrogen-bond donors (Lipinski definition) is 2. The van der Waals surface area contributed by atoms with Crippen molar-refractivity contribution in [2.24, 2.45) is 25.7 Å². The van der Waals surface area contributed by atoms with E-state index in [1.165, 1.54) is 18.1 Å². The number of aliphatic imine (C=N–C) groups is 4. The van der Waals surface area contributed by atoms with E-state index < -0.39 is 0 Å². The Bertz CT molecular complexity index is 359. The van der Waals surface area contributed by atoms with Gasteiger partial charge in [0.05, 0.1) is 6.61 Å². The third kappa shape index (κ3) is 1.68. The third-order valence-electron chi connectivity index (χ3n) is 1.69. The van der Waals surface area contributed by atoms with Crippen molar-refractivity contribution >= 4 is 34.9 Å². The Morgan fingerprint density at radius 2 is 2.43 bits per heavy atom. The predicted molar refractivity (Wildman–Crippen MR) is 58.3 cm³/mol. The van der Waals surface area contributed by atoms with E-state index in [1.54, 1.807) is 0 Å². The molecule has 74 valence electrons. The molecule has 1 unspecified atom stereocenters. The zero-order chi connectivity index (χ0) is 9.97. The van der Waals surface area contributed by atoms with Crippen LogP contribution in [0.5, 0.6) is 0 Å². The summed E-state index contributed by atoms with van der Waals surface area (Å²) in [7, 11) is 0. The number of aliphatic hydroxyl groups excluding tert-OH is 1. The molecule has 0 aliphatic carbocycles. The monoisotopic (exact) mass is 211 g/mol. The van der Waals surface area contributed by atoms with Crippen molar-refractivity contribution in [1.82, 2.24) is 0 Å². The van der Waals surface area contributed by atoms with Gasteiger partial charge in [-0.05, 0) is 0 Å². The molecular weight excluding hydrogens is 202 g/mol. The van der Waals surface area contributed by atoms with Crippen LogP contribution in [0.1, 0.15) is 0 Å². The van der Waals surface area contributed by atoms with Gasteiger partial charge in [0.15, 0.2) is 17.0 Å². The Labute approximate surface area is 84.8 Å². The highest BCUT2D eigenvalue weighted by atomic mass is 32.2. The summed E-state index contributed by atoms with van der Waals surface area (Å²) < 4.78 is 0. The topological polar surface area (TPSA) is 95.7 Å². The van der Waals surface area contributed by atoms with E-state index in [0.717, 1.165) is 0 Å². The van der Waals surface area contributed by atoms with E-state index in [1.807, 2.05) is 0 Å². The van der Waals surface area contributed by atoms with Gasteiger partial charge >= 0.3 is 0 Å². The minimum absolute atomic E-state index is 0.103. The lowest BCUT2D eigenvalue weighted by Crippen LogP contribution is -2.34. The van der Waals surface area contributed by atoms with Crippen LogP contribution in [0.25, 0.3) is 0 Å². The number of aliphatic hydroxyl groups is 1. The molecule has 0 aromatic rings. The average Bonchev–Trinajstić information content (AvgIpc) is 2.59. The van der Waals surface area contributed by atoms with E-state index in [-0.39, 0.29) is 12.6 Å². The standard InChI is InChI=1S/C7H9N5OS/c8-5-4-6(10-3-9-5)12-7(11-4)14-2-1-13/h3-4,13H,1-2H2,(H2,8,9,10,11,12). The lowest BCUT2D eigenvalue weighted by molar-refractivity contribution is 0.323. The maximum atomic E-state index is 8.63. The number of rotatable bonds is 2. The summed E-state index contributed by atoms with van der Waals surface area (Å²) in [6, 6.07) is -0.318. The highest BCUT2D eigenvalue weighted by Crippen LogP contribution is 2.17. The molecule has 0 fully saturated rings. The molecule has 7 heteroatoms. The lowest BCUT2D eigenvalue weighted by Gasteiger charge is -2.08. The second-order valence-corrected chi connectivity index (χ2v) is 3.72. The molecule has 2 rings (SSSR count). The van der Waals surface area contributed by atoms with Gasteiger partial charge in [0.25, 0.3) is 0 Å². The highest BCUT2D eigenvalue weighted by Gasteiger charge is 2.27. The van der Waals surface area contributed by atoms with Crippen LogP contribution in [0, 0.1) is 0 Å². The van der Waals surface area contributed by atoms with Crippen LogP contribution >= 0.6 is 11.8 Å². The Hall–Kier alpha value is -1.21. The van der Waals surface area contributed by atoms with Crippen molar-refractivity contribution in [3.63, 3.8) is 0 Å². The maximum absolute atomic E-state index is 8.63. The first-order valence-electron chi connectivity index (χ1n) is 4.07. The molecular formula is C7H9N5OS. The van der Waals surface area contributed by atoms with Gasteiger partial charge in [0.1, 0.15) is 12.2 Å². The Balaban J connectivity index is 2.12. The van der Waals surface area contributed by atoms with Gasteiger partial charge in [0.2, 0.25) is 0 Å². The zero-order valence-corrected chi connectivity index (χ0v) is 8.11. The minimum atomic E-state index is -0.318. The number of hydrogen-bond acceptors (Lipinski definition) is 7. The van der Waals surface area contributed by atoms with Crippen LogP contribution in [0.4, 0.5) is 0 Å². The molecule has 0 bridgehead atoms. The summed E-state index contributed by atoms with van der Waals surface area (Å²) in [4.78, 5) is 16.2. The first-order valence-corrected chi connectivity index (χ1v) is 5.05. The van der Waals surface area contributed by atoms with Gasteiger partial charge in [-0.15, -0.1) is 0 Å². The van der Waals surface area contributed by atoms with Gasteiger partial charge < -0.3 is 10.8 Å². The summed E-state index contributed by atoms with van der Waals surface area (Å²) in [6.07, 6.45) is 1.37. The van der Waals surface area contributed by atoms with Crippen LogP contribution in [0.2, 0.25) is 0 Å². The van der Waals surface area contributed by atoms with Crippen LogP contribution in [0.15, 0.2) is 20.0 Å². The van der Waals surface area contributed by atoms with Crippen LogP contribution < -0.4 is 5.73 Å². The summed E-state index contributed by atoms with van der Waals surface area (Å²) >= 11 is 1.38. The van der Waals surface area contributed by atoms with Gasteiger partial charge in [0, 0.05) is 5.75 Å². The largest absolute Gasteiger partial charge is 0.396 e. The fourth-order valence-electron chi connectivity index (χ4n) is 1.09. The van der Waals surface area contributed by atoms with Gasteiger partial charge in [-0.25, -0.2) is 20.0 Å². The number of amidine groups is 3. The first-order chi connectivity index (χ1) is 6.81. The molecule has 0 aromatic heterocycles. The normalized spacial score (nSPS) is 24.1. The molecule has 0 saturated carbocycles. The molecule has 2 heterocycles. The number of fused-ring (bicyclic) bond motifs is 1. The molecule has 2 aliphatic heterocycles. The van der Waals surface area contributed by atoms with E-state index in [4.69, 9.17) is 10.8 Å². The van der Waals surface area contributed by atoms with E-state index in [0.29, 0.717) is 22.6 Å². The summed E-state index contributed by atoms with van der Waals surface area (Å²) in [5, 5.41) is 9.24. The SMILES string of the molecule is NC1=NC=NC2=NC(SCCO)=NC12. The smallest absolute Gasteiger partial charge is 0.186 e. The molecule has 3 N–H and O–H groups in total. The van der Waals surface area contributed by atoms with Gasteiger partial charge in [-0.1, -0.05) is 11.8 Å². The fourth-order valence-corrected chi connectivity index (χ4v) is 1.70. The number of thioether (sulfide) groups is 1. The Morgan fingerprint density at radius 1 is 1.57 bits per heavy atom. The van der Waals surface area contributed by atoms with Crippen molar-refractivity contribution in [2.45, 2.75) is 6.04 Å². The summed E-state index contributed by atoms with van der Waals surface area (Å²) in [5.41, 5.74) is 5.62. The van der Waals surface area contributed by atoms with Crippen LogP contribution in [-0.2, 0) is 0 Å². The molecule has 2 aliphatic rings. The fraction of sp³-hybridized carbons (Fsp3) is 0.429. The number of nitrogens with zero attached hydrogens (tertiary/aromatic N) is 4. The molecule has 1 atom stereocenters. The number of nitrogens with two attached hydrogens (primary N) is 1. The van der Waals surface area contributed by atoms with E-state index >= 15 is 0 Å². The quantitative estimate of drug-likeness (QED) is 0.629. The van der Waals surface area contributed by atoms with Crippen molar-refractivity contribution in [3.05, 3.63) is 0 Å². The first kappa shape index (κ1) is 9.35. The summed E-state index contributed by atoms with van der Waals surface area (Å²) in [5.74, 6) is 1.57. The van der Waals surface area contributed by atoms with Crippen LogP contribution in [0.3, 0.4) is 0 Å².